The van der Waals surface area contributed by atoms with Gasteiger partial charge in [-0.1, -0.05) is 18.3 Å². The van der Waals surface area contributed by atoms with Crippen LogP contribution < -0.4 is 10.2 Å². The molecule has 142 valence electrons. The molecule has 0 bridgehead atoms. The Hall–Kier alpha value is -2.55. The first-order valence-electron chi connectivity index (χ1n) is 9.19. The van der Waals surface area contributed by atoms with Crippen LogP contribution in [0.5, 0.6) is 0 Å². The quantitative estimate of drug-likeness (QED) is 0.618. The number of nitrogens with one attached hydrogen (secondary N) is 1. The number of anilines is 2. The number of nitro groups is 1. The van der Waals surface area contributed by atoms with E-state index in [1.54, 1.807) is 12.1 Å². The van der Waals surface area contributed by atoms with Crippen molar-refractivity contribution in [2.45, 2.75) is 38.5 Å². The van der Waals surface area contributed by atoms with Gasteiger partial charge in [0.05, 0.1) is 4.92 Å². The van der Waals surface area contributed by atoms with Crippen molar-refractivity contribution in [3.8, 4) is 0 Å². The minimum atomic E-state index is -0.415. The molecule has 1 aliphatic heterocycles. The molecule has 1 N–H and O–H groups in total. The summed E-state index contributed by atoms with van der Waals surface area (Å²) in [5, 5.41) is 23.7. The summed E-state index contributed by atoms with van der Waals surface area (Å²) >= 11 is 1.37. The molecule has 1 saturated heterocycles. The van der Waals surface area contributed by atoms with Crippen LogP contribution in [0.15, 0.2) is 18.2 Å². The Morgan fingerprint density at radius 2 is 2.15 bits per heavy atom. The second-order valence-corrected chi connectivity index (χ2v) is 8.34. The van der Waals surface area contributed by atoms with Crippen molar-refractivity contribution < 1.29 is 9.72 Å². The highest BCUT2D eigenvalue weighted by molar-refractivity contribution is 7.15. The topological polar surface area (TPSA) is 101 Å². The first-order valence-corrected chi connectivity index (χ1v) is 10.0. The highest BCUT2D eigenvalue weighted by Gasteiger charge is 2.28. The number of nitrogens with zero attached hydrogens (tertiary/aromatic N) is 4. The molecule has 1 aromatic carbocycles. The molecule has 4 rings (SSSR count). The summed E-state index contributed by atoms with van der Waals surface area (Å²) in [6.07, 6.45) is 4.38. The summed E-state index contributed by atoms with van der Waals surface area (Å²) in [6, 6.07) is 4.67. The van der Waals surface area contributed by atoms with Gasteiger partial charge in [-0.05, 0) is 43.7 Å². The predicted molar refractivity (Wildman–Crippen MR) is 104 cm³/mol. The standard InChI is InChI=1S/C18H21N5O3S/c1-11-3-2-8-22(10-11)14-7-6-13(9-15(14)23(25)26)16(24)19-18-21-20-17(27-18)12-4-5-12/h6-7,9,11-12H,2-5,8,10H2,1H3,(H,19,21,24)/t11-/m0/s1. The van der Waals surface area contributed by atoms with E-state index in [0.29, 0.717) is 22.7 Å². The van der Waals surface area contributed by atoms with E-state index in [0.717, 1.165) is 43.8 Å². The molecule has 27 heavy (non-hydrogen) atoms. The molecule has 2 aromatic rings. The third-order valence-electron chi connectivity index (χ3n) is 5.02. The zero-order valence-corrected chi connectivity index (χ0v) is 15.9. The van der Waals surface area contributed by atoms with Crippen LogP contribution in [0.1, 0.15) is 53.9 Å². The Morgan fingerprint density at radius 1 is 1.33 bits per heavy atom. The maximum atomic E-state index is 12.5. The summed E-state index contributed by atoms with van der Waals surface area (Å²) in [7, 11) is 0. The third kappa shape index (κ3) is 3.92. The molecule has 9 heteroatoms. The van der Waals surface area contributed by atoms with Crippen LogP contribution >= 0.6 is 11.3 Å². The first-order chi connectivity index (χ1) is 13.0. The van der Waals surface area contributed by atoms with Gasteiger partial charge in [0.25, 0.3) is 11.6 Å². The van der Waals surface area contributed by atoms with Crippen LogP contribution in [-0.4, -0.2) is 34.1 Å². The maximum absolute atomic E-state index is 12.5. The fourth-order valence-electron chi connectivity index (χ4n) is 3.44. The molecule has 2 fully saturated rings. The summed E-state index contributed by atoms with van der Waals surface area (Å²) in [5.74, 6) is 0.565. The summed E-state index contributed by atoms with van der Waals surface area (Å²) in [4.78, 5) is 25.7. The van der Waals surface area contributed by atoms with Crippen LogP contribution in [0, 0.1) is 16.0 Å². The lowest BCUT2D eigenvalue weighted by atomic mass is 9.99. The molecule has 1 aromatic heterocycles. The van der Waals surface area contributed by atoms with E-state index < -0.39 is 10.8 Å². The van der Waals surface area contributed by atoms with Crippen molar-refractivity contribution >= 4 is 33.8 Å². The van der Waals surface area contributed by atoms with E-state index in [-0.39, 0.29) is 11.3 Å². The van der Waals surface area contributed by atoms with Crippen molar-refractivity contribution in [2.24, 2.45) is 5.92 Å². The fraction of sp³-hybridized carbons (Fsp3) is 0.500. The van der Waals surface area contributed by atoms with E-state index >= 15 is 0 Å². The minimum Gasteiger partial charge on any atom is -0.366 e. The molecule has 0 unspecified atom stereocenters. The van der Waals surface area contributed by atoms with Crippen molar-refractivity contribution in [1.29, 1.82) is 0 Å². The molecule has 8 nitrogen and oxygen atoms in total. The van der Waals surface area contributed by atoms with E-state index in [1.165, 1.54) is 17.4 Å². The molecule has 2 aliphatic rings. The van der Waals surface area contributed by atoms with Gasteiger partial charge in [-0.15, -0.1) is 10.2 Å². The van der Waals surface area contributed by atoms with Crippen molar-refractivity contribution in [2.75, 3.05) is 23.3 Å². The summed E-state index contributed by atoms with van der Waals surface area (Å²) in [5.41, 5.74) is 0.793. The van der Waals surface area contributed by atoms with Gasteiger partial charge < -0.3 is 4.90 Å². The number of hydrogen-bond donors (Lipinski definition) is 1. The fourth-order valence-corrected chi connectivity index (χ4v) is 4.34. The van der Waals surface area contributed by atoms with Gasteiger partial charge in [0.2, 0.25) is 5.13 Å². The van der Waals surface area contributed by atoms with E-state index in [1.807, 2.05) is 4.90 Å². The number of hydrogen-bond acceptors (Lipinski definition) is 7. The molecule has 0 spiro atoms. The lowest BCUT2D eigenvalue weighted by Crippen LogP contribution is -2.34. The number of carbonyl (C=O) groups excluding carboxylic acids is 1. The molecule has 2 heterocycles. The Balaban J connectivity index is 1.54. The largest absolute Gasteiger partial charge is 0.366 e. The van der Waals surface area contributed by atoms with E-state index in [9.17, 15) is 14.9 Å². The van der Waals surface area contributed by atoms with Crippen molar-refractivity contribution in [1.82, 2.24) is 10.2 Å². The zero-order chi connectivity index (χ0) is 19.0. The number of rotatable bonds is 5. The lowest BCUT2D eigenvalue weighted by molar-refractivity contribution is -0.384. The molecule has 0 radical (unpaired) electrons. The number of carbonyl (C=O) groups is 1. The highest BCUT2D eigenvalue weighted by Crippen LogP contribution is 2.42. The molecule has 1 amide bonds. The van der Waals surface area contributed by atoms with Crippen LogP contribution in [0.25, 0.3) is 0 Å². The minimum absolute atomic E-state index is 0.0346. The predicted octanol–water partition coefficient (Wildman–Crippen LogP) is 3.81. The first kappa shape index (κ1) is 17.8. The smallest absolute Gasteiger partial charge is 0.293 e. The van der Waals surface area contributed by atoms with Gasteiger partial charge in [-0.3, -0.25) is 20.2 Å². The van der Waals surface area contributed by atoms with Gasteiger partial charge >= 0.3 is 0 Å². The van der Waals surface area contributed by atoms with Gasteiger partial charge in [0, 0.05) is 30.6 Å². The van der Waals surface area contributed by atoms with Gasteiger partial charge in [0.15, 0.2) is 0 Å². The SMILES string of the molecule is C[C@H]1CCCN(c2ccc(C(=O)Nc3nnc(C4CC4)s3)cc2[N+](=O)[O-])C1. The van der Waals surface area contributed by atoms with E-state index in [2.05, 4.69) is 22.4 Å². The Kier molecular flexibility index (Phi) is 4.77. The van der Waals surface area contributed by atoms with Crippen molar-refractivity contribution in [3.63, 3.8) is 0 Å². The average Bonchev–Trinajstić information content (AvgIpc) is 3.40. The normalized spacial score (nSPS) is 19.7. The Morgan fingerprint density at radius 3 is 2.85 bits per heavy atom. The third-order valence-corrected chi connectivity index (χ3v) is 6.02. The molecular formula is C18H21N5O3S. The molecular weight excluding hydrogens is 366 g/mol. The van der Waals surface area contributed by atoms with Gasteiger partial charge in [0.1, 0.15) is 10.7 Å². The molecule has 1 atom stereocenters. The number of nitro benzene ring substituents is 1. The number of amides is 1. The van der Waals surface area contributed by atoms with Gasteiger partial charge in [-0.25, -0.2) is 0 Å². The molecule has 1 saturated carbocycles. The van der Waals surface area contributed by atoms with Crippen LogP contribution in [0.2, 0.25) is 0 Å². The Labute approximate surface area is 160 Å². The summed E-state index contributed by atoms with van der Waals surface area (Å²) < 4.78 is 0. The lowest BCUT2D eigenvalue weighted by Gasteiger charge is -2.32. The second-order valence-electron chi connectivity index (χ2n) is 7.33. The van der Waals surface area contributed by atoms with Crippen LogP contribution in [0.4, 0.5) is 16.5 Å². The number of benzene rings is 1. The Bertz CT molecular complexity index is 880. The van der Waals surface area contributed by atoms with Crippen LogP contribution in [0.3, 0.4) is 0 Å². The zero-order valence-electron chi connectivity index (χ0n) is 15.1. The van der Waals surface area contributed by atoms with Crippen LogP contribution in [-0.2, 0) is 0 Å². The highest BCUT2D eigenvalue weighted by atomic mass is 32.1. The maximum Gasteiger partial charge on any atom is 0.293 e. The monoisotopic (exact) mass is 387 g/mol. The van der Waals surface area contributed by atoms with Gasteiger partial charge in [-0.2, -0.15) is 0 Å². The van der Waals surface area contributed by atoms with Crippen molar-refractivity contribution in [3.05, 3.63) is 38.9 Å². The summed E-state index contributed by atoms with van der Waals surface area (Å²) in [6.45, 7) is 3.74. The second kappa shape index (κ2) is 7.22. The number of piperidine rings is 1. The number of aromatic nitrogens is 2. The molecule has 1 aliphatic carbocycles. The van der Waals surface area contributed by atoms with E-state index in [4.69, 9.17) is 0 Å². The average molecular weight is 387 g/mol.